The highest BCUT2D eigenvalue weighted by atomic mass is 16.5. The van der Waals surface area contributed by atoms with E-state index in [1.54, 1.807) is 0 Å². The molecule has 0 amide bonds. The van der Waals surface area contributed by atoms with Crippen molar-refractivity contribution in [3.05, 3.63) is 35.9 Å². The molecule has 3 aliphatic rings. The van der Waals surface area contributed by atoms with Gasteiger partial charge in [-0.3, -0.25) is 4.79 Å². The lowest BCUT2D eigenvalue weighted by molar-refractivity contribution is -0.157. The lowest BCUT2D eigenvalue weighted by Crippen LogP contribution is -2.29. The van der Waals surface area contributed by atoms with Crippen LogP contribution in [0.2, 0.25) is 0 Å². The standard InChI is InChI=1S/C28H40O4/c29-27(23-7-3-1-4-8-23)32-26-19-15-22(16-20-26)12-11-21-13-17-24(18-14-21)28(30)31-25-9-5-2-6-10-25/h1,3-4,7-8,21-22,24-26H,2,5-6,9-20H2. The van der Waals surface area contributed by atoms with E-state index >= 15 is 0 Å². The monoisotopic (exact) mass is 440 g/mol. The third kappa shape index (κ3) is 6.83. The molecular weight excluding hydrogens is 400 g/mol. The van der Waals surface area contributed by atoms with Crippen LogP contribution in [0.1, 0.15) is 107 Å². The number of carbonyl (C=O) groups excluding carboxylic acids is 2. The van der Waals surface area contributed by atoms with E-state index in [4.69, 9.17) is 9.47 Å². The molecule has 0 radical (unpaired) electrons. The summed E-state index contributed by atoms with van der Waals surface area (Å²) in [4.78, 5) is 24.8. The number of hydrogen-bond donors (Lipinski definition) is 0. The fourth-order valence-electron chi connectivity index (χ4n) is 5.93. The van der Waals surface area contributed by atoms with Crippen LogP contribution in [0.25, 0.3) is 0 Å². The summed E-state index contributed by atoms with van der Waals surface area (Å²) in [6.45, 7) is 0. The Hall–Kier alpha value is -1.84. The summed E-state index contributed by atoms with van der Waals surface area (Å²) in [5, 5.41) is 0. The summed E-state index contributed by atoms with van der Waals surface area (Å²) in [6, 6.07) is 9.30. The van der Waals surface area contributed by atoms with E-state index in [9.17, 15) is 9.59 Å². The van der Waals surface area contributed by atoms with Crippen LogP contribution < -0.4 is 0 Å². The van der Waals surface area contributed by atoms with Gasteiger partial charge in [0.15, 0.2) is 0 Å². The molecule has 1 aromatic rings. The zero-order valence-corrected chi connectivity index (χ0v) is 19.5. The molecule has 0 aromatic heterocycles. The predicted molar refractivity (Wildman–Crippen MR) is 125 cm³/mol. The van der Waals surface area contributed by atoms with Crippen LogP contribution in [0, 0.1) is 17.8 Å². The Morgan fingerprint density at radius 1 is 0.656 bits per heavy atom. The van der Waals surface area contributed by atoms with Crippen LogP contribution in [-0.2, 0) is 14.3 Å². The minimum Gasteiger partial charge on any atom is -0.462 e. The molecule has 3 fully saturated rings. The van der Waals surface area contributed by atoms with Crippen molar-refractivity contribution in [3.8, 4) is 0 Å². The summed E-state index contributed by atoms with van der Waals surface area (Å²) in [7, 11) is 0. The first-order valence-corrected chi connectivity index (χ1v) is 13.1. The molecular formula is C28H40O4. The maximum atomic E-state index is 12.5. The minimum absolute atomic E-state index is 0.0737. The zero-order valence-electron chi connectivity index (χ0n) is 19.5. The van der Waals surface area contributed by atoms with Crippen molar-refractivity contribution in [3.63, 3.8) is 0 Å². The summed E-state index contributed by atoms with van der Waals surface area (Å²) >= 11 is 0. The van der Waals surface area contributed by atoms with Crippen molar-refractivity contribution in [1.82, 2.24) is 0 Å². The van der Waals surface area contributed by atoms with Crippen LogP contribution in [0.3, 0.4) is 0 Å². The molecule has 3 saturated carbocycles. The number of carbonyl (C=O) groups is 2. The number of benzene rings is 1. The molecule has 4 heteroatoms. The highest BCUT2D eigenvalue weighted by Crippen LogP contribution is 2.36. The Morgan fingerprint density at radius 3 is 1.84 bits per heavy atom. The maximum Gasteiger partial charge on any atom is 0.338 e. The second-order valence-corrected chi connectivity index (χ2v) is 10.4. The van der Waals surface area contributed by atoms with Gasteiger partial charge in [0.05, 0.1) is 11.5 Å². The van der Waals surface area contributed by atoms with Crippen LogP contribution in [0.4, 0.5) is 0 Å². The second kappa shape index (κ2) is 11.9. The average Bonchev–Trinajstić information content (AvgIpc) is 2.85. The topological polar surface area (TPSA) is 52.6 Å². The van der Waals surface area contributed by atoms with Crippen molar-refractivity contribution < 1.29 is 19.1 Å². The molecule has 0 atom stereocenters. The molecule has 0 N–H and O–H groups in total. The molecule has 32 heavy (non-hydrogen) atoms. The van der Waals surface area contributed by atoms with E-state index < -0.39 is 0 Å². The second-order valence-electron chi connectivity index (χ2n) is 10.4. The van der Waals surface area contributed by atoms with E-state index in [1.165, 1.54) is 44.9 Å². The van der Waals surface area contributed by atoms with Crippen LogP contribution >= 0.6 is 0 Å². The molecule has 0 unspecified atom stereocenters. The Morgan fingerprint density at radius 2 is 1.22 bits per heavy atom. The van der Waals surface area contributed by atoms with Gasteiger partial charge in [0, 0.05) is 0 Å². The lowest BCUT2D eigenvalue weighted by Gasteiger charge is -2.32. The number of rotatable bonds is 7. The minimum atomic E-state index is -0.187. The van der Waals surface area contributed by atoms with Crippen molar-refractivity contribution in [2.75, 3.05) is 0 Å². The van der Waals surface area contributed by atoms with E-state index in [0.717, 1.165) is 63.2 Å². The molecule has 0 spiro atoms. The lowest BCUT2D eigenvalue weighted by atomic mass is 9.77. The van der Waals surface area contributed by atoms with Gasteiger partial charge < -0.3 is 9.47 Å². The van der Waals surface area contributed by atoms with E-state index in [2.05, 4.69) is 0 Å². The molecule has 0 saturated heterocycles. The van der Waals surface area contributed by atoms with Crippen molar-refractivity contribution in [2.45, 2.75) is 109 Å². The Labute approximate surface area is 193 Å². The summed E-state index contributed by atoms with van der Waals surface area (Å²) in [6.07, 6.45) is 17.3. The summed E-state index contributed by atoms with van der Waals surface area (Å²) < 4.78 is 11.5. The van der Waals surface area contributed by atoms with Gasteiger partial charge in [0.25, 0.3) is 0 Å². The van der Waals surface area contributed by atoms with Gasteiger partial charge in [-0.25, -0.2) is 4.79 Å². The smallest absolute Gasteiger partial charge is 0.338 e. The van der Waals surface area contributed by atoms with Crippen molar-refractivity contribution in [1.29, 1.82) is 0 Å². The van der Waals surface area contributed by atoms with Gasteiger partial charge in [0.1, 0.15) is 12.2 Å². The van der Waals surface area contributed by atoms with E-state index in [1.807, 2.05) is 30.3 Å². The van der Waals surface area contributed by atoms with Gasteiger partial charge >= 0.3 is 11.9 Å². The average molecular weight is 441 g/mol. The molecule has 0 heterocycles. The number of hydrogen-bond acceptors (Lipinski definition) is 4. The third-order valence-corrected chi connectivity index (χ3v) is 8.08. The van der Waals surface area contributed by atoms with Gasteiger partial charge in [-0.2, -0.15) is 0 Å². The third-order valence-electron chi connectivity index (χ3n) is 8.08. The number of esters is 2. The molecule has 3 aliphatic carbocycles. The first-order valence-electron chi connectivity index (χ1n) is 13.1. The fraction of sp³-hybridized carbons (Fsp3) is 0.714. The fourth-order valence-corrected chi connectivity index (χ4v) is 5.93. The van der Waals surface area contributed by atoms with Gasteiger partial charge in [-0.05, 0) is 101 Å². The molecule has 176 valence electrons. The highest BCUT2D eigenvalue weighted by molar-refractivity contribution is 5.89. The van der Waals surface area contributed by atoms with Crippen LogP contribution in [0.15, 0.2) is 30.3 Å². The summed E-state index contributed by atoms with van der Waals surface area (Å²) in [5.74, 6) is 1.56. The first-order chi connectivity index (χ1) is 15.7. The van der Waals surface area contributed by atoms with Crippen LogP contribution in [-0.4, -0.2) is 24.1 Å². The SMILES string of the molecule is O=C(OC1CCC(CCC2CCC(C(=O)OC3CCCCC3)CC2)CC1)c1ccccc1. The van der Waals surface area contributed by atoms with Crippen molar-refractivity contribution >= 4 is 11.9 Å². The molecule has 1 aromatic carbocycles. The predicted octanol–water partition coefficient (Wildman–Crippen LogP) is 6.86. The molecule has 0 bridgehead atoms. The Kier molecular flexibility index (Phi) is 8.64. The highest BCUT2D eigenvalue weighted by Gasteiger charge is 2.30. The van der Waals surface area contributed by atoms with Crippen LogP contribution in [0.5, 0.6) is 0 Å². The van der Waals surface area contributed by atoms with Gasteiger partial charge in [-0.15, -0.1) is 0 Å². The van der Waals surface area contributed by atoms with E-state index in [-0.39, 0.29) is 30.1 Å². The van der Waals surface area contributed by atoms with Gasteiger partial charge in [0.2, 0.25) is 0 Å². The molecule has 4 rings (SSSR count). The van der Waals surface area contributed by atoms with E-state index in [0.29, 0.717) is 5.56 Å². The number of ether oxygens (including phenoxy) is 2. The largest absolute Gasteiger partial charge is 0.462 e. The maximum absolute atomic E-state index is 12.5. The Balaban J connectivity index is 1.09. The van der Waals surface area contributed by atoms with Gasteiger partial charge in [-0.1, -0.05) is 37.5 Å². The first kappa shape index (κ1) is 23.3. The molecule has 4 nitrogen and oxygen atoms in total. The summed E-state index contributed by atoms with van der Waals surface area (Å²) in [5.41, 5.74) is 0.646. The Bertz CT molecular complexity index is 708. The zero-order chi connectivity index (χ0) is 22.2. The normalized spacial score (nSPS) is 29.2. The van der Waals surface area contributed by atoms with Crippen molar-refractivity contribution in [2.24, 2.45) is 17.8 Å². The quantitative estimate of drug-likeness (QED) is 0.434. The molecule has 0 aliphatic heterocycles.